The van der Waals surface area contributed by atoms with Crippen LogP contribution in [0.25, 0.3) is 0 Å². The molecule has 0 fully saturated rings. The molecule has 0 atom stereocenters. The van der Waals surface area contributed by atoms with E-state index in [0.717, 1.165) is 17.6 Å². The van der Waals surface area contributed by atoms with Crippen molar-refractivity contribution in [2.45, 2.75) is 19.8 Å². The van der Waals surface area contributed by atoms with Gasteiger partial charge in [-0.2, -0.15) is 0 Å². The monoisotopic (exact) mass is 223 g/mol. The third-order valence-corrected chi connectivity index (χ3v) is 2.22. The van der Waals surface area contributed by atoms with E-state index < -0.39 is 0 Å². The lowest BCUT2D eigenvalue weighted by atomic mass is 10.1. The first-order valence-electron chi connectivity index (χ1n) is 5.39. The average Bonchev–Trinajstić information content (AvgIpc) is 2.21. The molecule has 0 aliphatic heterocycles. The third kappa shape index (κ3) is 4.03. The number of benzene rings is 1. The van der Waals surface area contributed by atoms with E-state index in [1.54, 1.807) is 6.07 Å². The second kappa shape index (κ2) is 6.28. The van der Waals surface area contributed by atoms with Crippen LogP contribution in [0.5, 0.6) is 5.75 Å². The minimum Gasteiger partial charge on any atom is -0.490 e. The fraction of sp³-hybridized carbons (Fsp3) is 0.385. The van der Waals surface area contributed by atoms with E-state index in [2.05, 4.69) is 6.58 Å². The van der Waals surface area contributed by atoms with Gasteiger partial charge in [0.15, 0.2) is 11.6 Å². The van der Waals surface area contributed by atoms with Crippen molar-refractivity contribution in [2.75, 3.05) is 13.2 Å². The highest BCUT2D eigenvalue weighted by Crippen LogP contribution is 2.19. The van der Waals surface area contributed by atoms with Gasteiger partial charge in [-0.1, -0.05) is 11.6 Å². The van der Waals surface area contributed by atoms with Crippen molar-refractivity contribution in [1.82, 2.24) is 0 Å². The molecule has 1 rings (SSSR count). The van der Waals surface area contributed by atoms with Crippen molar-refractivity contribution in [2.24, 2.45) is 5.73 Å². The second-order valence-electron chi connectivity index (χ2n) is 3.86. The highest BCUT2D eigenvalue weighted by molar-refractivity contribution is 5.29. The van der Waals surface area contributed by atoms with Gasteiger partial charge >= 0.3 is 0 Å². The summed E-state index contributed by atoms with van der Waals surface area (Å²) in [7, 11) is 0. The molecule has 0 aromatic heterocycles. The van der Waals surface area contributed by atoms with Crippen LogP contribution in [0.4, 0.5) is 4.39 Å². The van der Waals surface area contributed by atoms with E-state index in [1.165, 1.54) is 6.07 Å². The fourth-order valence-electron chi connectivity index (χ4n) is 1.32. The summed E-state index contributed by atoms with van der Waals surface area (Å²) in [5, 5.41) is 0. The summed E-state index contributed by atoms with van der Waals surface area (Å²) < 4.78 is 18.8. The quantitative estimate of drug-likeness (QED) is 0.752. The first kappa shape index (κ1) is 12.7. The molecule has 2 nitrogen and oxygen atoms in total. The zero-order valence-corrected chi connectivity index (χ0v) is 9.63. The van der Waals surface area contributed by atoms with Crippen LogP contribution in [0.2, 0.25) is 0 Å². The predicted molar refractivity (Wildman–Crippen MR) is 64.1 cm³/mol. The van der Waals surface area contributed by atoms with Gasteiger partial charge in [0.25, 0.3) is 0 Å². The van der Waals surface area contributed by atoms with Gasteiger partial charge in [0, 0.05) is 6.42 Å². The molecule has 0 aliphatic carbocycles. The van der Waals surface area contributed by atoms with E-state index >= 15 is 0 Å². The first-order chi connectivity index (χ1) is 7.63. The van der Waals surface area contributed by atoms with E-state index in [1.807, 2.05) is 13.0 Å². The molecule has 2 N–H and O–H groups in total. The molecule has 0 saturated carbocycles. The Morgan fingerprint density at radius 3 is 2.81 bits per heavy atom. The molecule has 1 aromatic carbocycles. The zero-order valence-electron chi connectivity index (χ0n) is 9.63. The molecule has 0 aliphatic rings. The molecular weight excluding hydrogens is 205 g/mol. The SMILES string of the molecule is C=C(C)CCOc1ccc(CCN)cc1F. The summed E-state index contributed by atoms with van der Waals surface area (Å²) >= 11 is 0. The fourth-order valence-corrected chi connectivity index (χ4v) is 1.32. The molecule has 88 valence electrons. The Hall–Kier alpha value is -1.35. The second-order valence-corrected chi connectivity index (χ2v) is 3.86. The Morgan fingerprint density at radius 2 is 2.25 bits per heavy atom. The molecule has 0 heterocycles. The van der Waals surface area contributed by atoms with Crippen LogP contribution in [-0.2, 0) is 6.42 Å². The van der Waals surface area contributed by atoms with Gasteiger partial charge in [0.1, 0.15) is 0 Å². The summed E-state index contributed by atoms with van der Waals surface area (Å²) in [5.74, 6) is -0.0327. The molecule has 0 radical (unpaired) electrons. The molecule has 0 spiro atoms. The summed E-state index contributed by atoms with van der Waals surface area (Å²) in [5.41, 5.74) is 7.32. The lowest BCUT2D eigenvalue weighted by Crippen LogP contribution is -2.04. The van der Waals surface area contributed by atoms with E-state index in [-0.39, 0.29) is 5.82 Å². The van der Waals surface area contributed by atoms with E-state index in [4.69, 9.17) is 10.5 Å². The van der Waals surface area contributed by atoms with Crippen molar-refractivity contribution in [3.63, 3.8) is 0 Å². The smallest absolute Gasteiger partial charge is 0.165 e. The van der Waals surface area contributed by atoms with Crippen LogP contribution in [-0.4, -0.2) is 13.2 Å². The number of hydrogen-bond donors (Lipinski definition) is 1. The largest absolute Gasteiger partial charge is 0.490 e. The highest BCUT2D eigenvalue weighted by Gasteiger charge is 2.04. The van der Waals surface area contributed by atoms with Gasteiger partial charge in [0.2, 0.25) is 0 Å². The van der Waals surface area contributed by atoms with Gasteiger partial charge in [-0.05, 0) is 37.6 Å². The maximum absolute atomic E-state index is 13.5. The number of ether oxygens (including phenoxy) is 1. The van der Waals surface area contributed by atoms with Gasteiger partial charge in [0.05, 0.1) is 6.61 Å². The molecule has 0 amide bonds. The van der Waals surface area contributed by atoms with Crippen LogP contribution < -0.4 is 10.5 Å². The highest BCUT2D eigenvalue weighted by atomic mass is 19.1. The summed E-state index contributed by atoms with van der Waals surface area (Å²) in [4.78, 5) is 0. The van der Waals surface area contributed by atoms with Crippen LogP contribution >= 0.6 is 0 Å². The lowest BCUT2D eigenvalue weighted by molar-refractivity contribution is 0.305. The Bertz CT molecular complexity index is 363. The van der Waals surface area contributed by atoms with Crippen molar-refractivity contribution in [3.8, 4) is 5.75 Å². The Morgan fingerprint density at radius 1 is 1.50 bits per heavy atom. The van der Waals surface area contributed by atoms with E-state index in [9.17, 15) is 4.39 Å². The number of hydrogen-bond acceptors (Lipinski definition) is 2. The first-order valence-corrected chi connectivity index (χ1v) is 5.39. The van der Waals surface area contributed by atoms with Crippen molar-refractivity contribution in [3.05, 3.63) is 41.7 Å². The zero-order chi connectivity index (χ0) is 12.0. The predicted octanol–water partition coefficient (Wildman–Crippen LogP) is 2.67. The van der Waals surface area contributed by atoms with Crippen LogP contribution in [0.15, 0.2) is 30.4 Å². The number of nitrogens with two attached hydrogens (primary N) is 1. The van der Waals surface area contributed by atoms with Gasteiger partial charge in [-0.25, -0.2) is 4.39 Å². The lowest BCUT2D eigenvalue weighted by Gasteiger charge is -2.08. The van der Waals surface area contributed by atoms with Gasteiger partial charge in [-0.3, -0.25) is 0 Å². The minimum absolute atomic E-state index is 0.294. The molecular formula is C13H18FNO. The maximum Gasteiger partial charge on any atom is 0.165 e. The number of halogens is 1. The maximum atomic E-state index is 13.5. The van der Waals surface area contributed by atoms with Gasteiger partial charge in [-0.15, -0.1) is 6.58 Å². The molecule has 0 unspecified atom stereocenters. The Kier molecular flexibility index (Phi) is 4.99. The van der Waals surface area contributed by atoms with E-state index in [0.29, 0.717) is 25.3 Å². The Labute approximate surface area is 95.9 Å². The topological polar surface area (TPSA) is 35.2 Å². The third-order valence-electron chi connectivity index (χ3n) is 2.22. The van der Waals surface area contributed by atoms with Crippen molar-refractivity contribution >= 4 is 0 Å². The Balaban J connectivity index is 2.57. The molecule has 16 heavy (non-hydrogen) atoms. The molecule has 3 heteroatoms. The van der Waals surface area contributed by atoms with Gasteiger partial charge < -0.3 is 10.5 Å². The molecule has 1 aromatic rings. The van der Waals surface area contributed by atoms with Crippen LogP contribution in [0.3, 0.4) is 0 Å². The van der Waals surface area contributed by atoms with Crippen LogP contribution in [0, 0.1) is 5.82 Å². The number of rotatable bonds is 6. The summed E-state index contributed by atoms with van der Waals surface area (Å²) in [6, 6.07) is 4.97. The van der Waals surface area contributed by atoms with Crippen LogP contribution in [0.1, 0.15) is 18.9 Å². The average molecular weight is 223 g/mol. The molecule has 0 bridgehead atoms. The normalized spacial score (nSPS) is 10.2. The molecule has 0 saturated heterocycles. The van der Waals surface area contributed by atoms with Crippen molar-refractivity contribution in [1.29, 1.82) is 0 Å². The summed E-state index contributed by atoms with van der Waals surface area (Å²) in [6.45, 7) is 6.66. The van der Waals surface area contributed by atoms with Crippen molar-refractivity contribution < 1.29 is 9.13 Å². The standard InChI is InChI=1S/C13H18FNO/c1-10(2)6-8-16-13-4-3-11(5-7-15)9-12(13)14/h3-4,9H,1,5-8,15H2,2H3. The summed E-state index contributed by atoms with van der Waals surface area (Å²) in [6.07, 6.45) is 1.42. The minimum atomic E-state index is -0.326.